The van der Waals surface area contributed by atoms with Crippen molar-refractivity contribution in [2.24, 2.45) is 0 Å². The second-order valence-electron chi connectivity index (χ2n) is 17.4. The van der Waals surface area contributed by atoms with Gasteiger partial charge in [-0.05, 0) is 115 Å². The van der Waals surface area contributed by atoms with E-state index in [1.54, 1.807) is 6.08 Å². The van der Waals surface area contributed by atoms with Crippen LogP contribution in [0.1, 0.15) is 239 Å². The minimum atomic E-state index is -0.701. The van der Waals surface area contributed by atoms with Gasteiger partial charge in [-0.15, -0.1) is 0 Å². The van der Waals surface area contributed by atoms with Crippen LogP contribution in [0, 0.1) is 0 Å². The quantitative estimate of drug-likeness (QED) is 0.0204. The fraction of sp³-hybridized carbons (Fsp3) is 0.633. The van der Waals surface area contributed by atoms with Crippen molar-refractivity contribution >= 4 is 23.7 Å². The van der Waals surface area contributed by atoms with Crippen molar-refractivity contribution in [3.8, 4) is 0 Å². The van der Waals surface area contributed by atoms with E-state index in [4.69, 9.17) is 15.3 Å². The van der Waals surface area contributed by atoms with Crippen molar-refractivity contribution < 1.29 is 39.6 Å². The molecule has 1 atom stereocenters. The molecule has 0 saturated carbocycles. The largest absolute Gasteiger partial charge is 0.481 e. The van der Waals surface area contributed by atoms with Gasteiger partial charge in [0.25, 0.3) is 0 Å². The second-order valence-corrected chi connectivity index (χ2v) is 17.4. The van der Waals surface area contributed by atoms with Gasteiger partial charge in [0.1, 0.15) is 0 Å². The minimum absolute atomic E-state index is 0.210. The highest BCUT2D eigenvalue weighted by Gasteiger charge is 1.99. The van der Waals surface area contributed by atoms with E-state index in [1.807, 2.05) is 36.5 Å². The summed E-state index contributed by atoms with van der Waals surface area (Å²) < 4.78 is 0. The SMILES string of the molecule is CCCCC/C=C\C/C=C\C/C=C\CCCCCCC(=O)O.CCCCCC(=O)/C=C/C=C\C/C=C\CCCCCCC(=O)O.CCCCC[C@H](O)/C=C/C=C\C/C=C\CCCCCCC(=O)O. The number of allylic oxidation sites excluding steroid dienone is 17. The van der Waals surface area contributed by atoms with E-state index in [9.17, 15) is 24.3 Å². The van der Waals surface area contributed by atoms with Crippen LogP contribution in [-0.4, -0.2) is 50.2 Å². The number of carbonyl (C=O) groups excluding carboxylic acids is 1. The monoisotopic (exact) mass is 949 g/mol. The summed E-state index contributed by atoms with van der Waals surface area (Å²) in [5.74, 6) is -1.86. The molecule has 0 aliphatic rings. The molecule has 0 unspecified atom stereocenters. The molecule has 0 amide bonds. The predicted molar refractivity (Wildman–Crippen MR) is 290 cm³/mol. The Hall–Kier alpha value is -4.30. The van der Waals surface area contributed by atoms with Crippen LogP contribution in [0.5, 0.6) is 0 Å². The third-order valence-electron chi connectivity index (χ3n) is 10.7. The molecule has 0 aliphatic heterocycles. The molecule has 0 bridgehead atoms. The number of rotatable bonds is 45. The maximum atomic E-state index is 11.5. The summed E-state index contributed by atoms with van der Waals surface area (Å²) in [5.41, 5.74) is 0. The van der Waals surface area contributed by atoms with E-state index in [2.05, 4.69) is 87.6 Å². The molecule has 0 rings (SSSR count). The Morgan fingerprint density at radius 1 is 0.353 bits per heavy atom. The lowest BCUT2D eigenvalue weighted by Gasteiger charge is -2.02. The summed E-state index contributed by atoms with van der Waals surface area (Å²) in [7, 11) is 0. The van der Waals surface area contributed by atoms with Crippen molar-refractivity contribution in [3.05, 3.63) is 109 Å². The number of aliphatic hydroxyl groups excluding tert-OH is 1. The van der Waals surface area contributed by atoms with Gasteiger partial charge in [0.15, 0.2) is 5.78 Å². The van der Waals surface area contributed by atoms with Crippen molar-refractivity contribution in [1.29, 1.82) is 0 Å². The number of carbonyl (C=O) groups is 4. The number of aliphatic hydroxyl groups is 1. The number of carboxylic acids is 3. The molecule has 0 radical (unpaired) electrons. The van der Waals surface area contributed by atoms with Crippen LogP contribution in [-0.2, 0) is 19.2 Å². The summed E-state index contributed by atoms with van der Waals surface area (Å²) in [6, 6.07) is 0. The molecule has 0 aliphatic carbocycles. The Morgan fingerprint density at radius 2 is 0.676 bits per heavy atom. The highest BCUT2D eigenvalue weighted by Crippen LogP contribution is 2.10. The van der Waals surface area contributed by atoms with Crippen LogP contribution in [0.3, 0.4) is 0 Å². The molecule has 0 aromatic heterocycles. The number of ketones is 1. The van der Waals surface area contributed by atoms with Crippen LogP contribution in [0.15, 0.2) is 109 Å². The summed E-state index contributed by atoms with van der Waals surface area (Å²) in [4.78, 5) is 42.5. The van der Waals surface area contributed by atoms with E-state index in [0.29, 0.717) is 19.3 Å². The molecule has 0 spiro atoms. The van der Waals surface area contributed by atoms with Gasteiger partial charge in [-0.25, -0.2) is 0 Å². The van der Waals surface area contributed by atoms with Gasteiger partial charge < -0.3 is 20.4 Å². The maximum Gasteiger partial charge on any atom is 0.303 e. The van der Waals surface area contributed by atoms with Crippen molar-refractivity contribution in [2.75, 3.05) is 0 Å². The molecule has 68 heavy (non-hydrogen) atoms. The standard InChI is InChI=1S/C20H34O3.C20H32O3.C20H34O2/c2*1-2-3-13-16-19(21)17-14-11-9-7-5-4-6-8-10-12-15-18-20(22)23;1-2-3-4-5-6-7-8-9-10-11-12-13-14-15-16-17-18-19-20(21)22/h4-5,9,11,14,17,19,21H,2-3,6-8,10,12-13,15-16,18H2,1H3,(H,22,23);4-5,9,11,14,17H,2-3,6-8,10,12-13,15-16,18H2,1H3,(H,22,23);6-7,9-10,12-13H,2-5,8,11,14-19H2,1H3,(H,21,22)/b2*5-4-,11-9-,17-14+;7-6-,10-9-,13-12-/t19-;;/m0../s1. The highest BCUT2D eigenvalue weighted by molar-refractivity contribution is 5.89. The van der Waals surface area contributed by atoms with E-state index >= 15 is 0 Å². The van der Waals surface area contributed by atoms with Gasteiger partial charge in [-0.3, -0.25) is 19.2 Å². The van der Waals surface area contributed by atoms with Gasteiger partial charge in [0, 0.05) is 25.7 Å². The number of hydrogen-bond acceptors (Lipinski definition) is 5. The molecule has 0 heterocycles. The van der Waals surface area contributed by atoms with E-state index in [-0.39, 0.29) is 18.3 Å². The lowest BCUT2D eigenvalue weighted by atomic mass is 10.1. The molecule has 388 valence electrons. The molecule has 0 fully saturated rings. The Balaban J connectivity index is -0.000000932. The van der Waals surface area contributed by atoms with Crippen molar-refractivity contribution in [1.82, 2.24) is 0 Å². The average Bonchev–Trinajstić information content (AvgIpc) is 3.30. The average molecular weight is 949 g/mol. The summed E-state index contributed by atoms with van der Waals surface area (Å²) in [6.07, 6.45) is 70.6. The van der Waals surface area contributed by atoms with Crippen molar-refractivity contribution in [3.63, 3.8) is 0 Å². The molecule has 0 aromatic rings. The normalized spacial score (nSPS) is 12.5. The molecule has 8 heteroatoms. The fourth-order valence-electron chi connectivity index (χ4n) is 6.55. The predicted octanol–water partition coefficient (Wildman–Crippen LogP) is 17.5. The molecule has 4 N–H and O–H groups in total. The third-order valence-corrected chi connectivity index (χ3v) is 10.7. The molecular weight excluding hydrogens is 849 g/mol. The Labute approximate surface area is 416 Å². The molecular formula is C60H100O8. The lowest BCUT2D eigenvalue weighted by molar-refractivity contribution is -0.138. The summed E-state index contributed by atoms with van der Waals surface area (Å²) in [6.45, 7) is 6.54. The number of carboxylic acid groups (broad SMARTS) is 3. The Kier molecular flexibility index (Phi) is 60.7. The van der Waals surface area contributed by atoms with Crippen LogP contribution in [0.2, 0.25) is 0 Å². The highest BCUT2D eigenvalue weighted by atomic mass is 16.4. The van der Waals surface area contributed by atoms with Gasteiger partial charge in [0.05, 0.1) is 6.10 Å². The third kappa shape index (κ3) is 70.7. The van der Waals surface area contributed by atoms with Crippen LogP contribution >= 0.6 is 0 Å². The summed E-state index contributed by atoms with van der Waals surface area (Å²) >= 11 is 0. The minimum Gasteiger partial charge on any atom is -0.481 e. The maximum absolute atomic E-state index is 11.5. The number of unbranched alkanes of at least 4 members (excludes halogenated alkanes) is 19. The number of hydrogen-bond donors (Lipinski definition) is 4. The van der Waals surface area contributed by atoms with Gasteiger partial charge >= 0.3 is 17.9 Å². The fourth-order valence-corrected chi connectivity index (χ4v) is 6.55. The summed E-state index contributed by atoms with van der Waals surface area (Å²) in [5, 5.41) is 35.2. The Morgan fingerprint density at radius 3 is 1.09 bits per heavy atom. The van der Waals surface area contributed by atoms with Gasteiger partial charge in [-0.1, -0.05) is 208 Å². The number of aliphatic carboxylic acids is 3. The van der Waals surface area contributed by atoms with Gasteiger partial charge in [0.2, 0.25) is 0 Å². The Bertz CT molecular complexity index is 1410. The molecule has 8 nitrogen and oxygen atoms in total. The zero-order valence-corrected chi connectivity index (χ0v) is 43.4. The molecule has 0 saturated heterocycles. The van der Waals surface area contributed by atoms with E-state index in [1.165, 1.54) is 44.9 Å². The lowest BCUT2D eigenvalue weighted by Crippen LogP contribution is -2.00. The smallest absolute Gasteiger partial charge is 0.303 e. The second kappa shape index (κ2) is 60.7. The van der Waals surface area contributed by atoms with E-state index < -0.39 is 17.9 Å². The topological polar surface area (TPSA) is 149 Å². The first-order valence-corrected chi connectivity index (χ1v) is 26.9. The zero-order chi connectivity index (χ0) is 50.7. The van der Waals surface area contributed by atoms with E-state index in [0.717, 1.165) is 148 Å². The van der Waals surface area contributed by atoms with Crippen LogP contribution in [0.4, 0.5) is 0 Å². The first-order valence-electron chi connectivity index (χ1n) is 26.9. The first kappa shape index (κ1) is 68.0. The van der Waals surface area contributed by atoms with Crippen LogP contribution in [0.25, 0.3) is 0 Å². The zero-order valence-electron chi connectivity index (χ0n) is 43.4. The van der Waals surface area contributed by atoms with Gasteiger partial charge in [-0.2, -0.15) is 0 Å². The molecule has 0 aromatic carbocycles. The first-order chi connectivity index (χ1) is 33.1. The van der Waals surface area contributed by atoms with Crippen LogP contribution < -0.4 is 0 Å². The van der Waals surface area contributed by atoms with Crippen molar-refractivity contribution in [2.45, 2.75) is 245 Å².